The number of amides is 2. The maximum Gasteiger partial charge on any atom is 0.433 e. The van der Waals surface area contributed by atoms with Crippen molar-refractivity contribution in [1.29, 1.82) is 0 Å². The maximum absolute atomic E-state index is 13.5. The van der Waals surface area contributed by atoms with E-state index in [2.05, 4.69) is 31.3 Å². The number of thiophene rings is 1. The van der Waals surface area contributed by atoms with Crippen molar-refractivity contribution in [3.8, 4) is 11.3 Å². The molecule has 0 aliphatic carbocycles. The van der Waals surface area contributed by atoms with Gasteiger partial charge >= 0.3 is 6.18 Å². The molecule has 4 aromatic rings. The number of alkyl halides is 5. The van der Waals surface area contributed by atoms with Crippen molar-refractivity contribution in [2.45, 2.75) is 26.1 Å². The Balaban J connectivity index is 1.83. The number of hydrogen-bond acceptors (Lipinski definition) is 6. The van der Waals surface area contributed by atoms with Crippen molar-refractivity contribution >= 4 is 55.0 Å². The number of halogens is 6. The lowest BCUT2D eigenvalue weighted by Gasteiger charge is -2.11. The lowest BCUT2D eigenvalue weighted by Crippen LogP contribution is -2.22. The van der Waals surface area contributed by atoms with Gasteiger partial charge < -0.3 is 15.5 Å². The Kier molecular flexibility index (Phi) is 6.40. The molecule has 0 saturated carbocycles. The van der Waals surface area contributed by atoms with Crippen LogP contribution in [0.2, 0.25) is 0 Å². The molecule has 0 aliphatic rings. The average molecular weight is 578 g/mol. The van der Waals surface area contributed by atoms with Crippen molar-refractivity contribution in [3.05, 3.63) is 50.9 Å². The molecule has 0 aliphatic heterocycles. The van der Waals surface area contributed by atoms with Crippen LogP contribution in [0.1, 0.15) is 33.2 Å². The standard InChI is InChI=1S/C20H13BrF5N5O3S/c1-7-13(21)15(17(22)23)30-31(7)6-11(32)29-14-12-8(9-3-2-4-34-9)5-10(20(24,25)26)28-19(12)35-16(14)18(27)33/h2-5,17H,6H2,1H3,(H2,27,33)(H,29,32). The summed E-state index contributed by atoms with van der Waals surface area (Å²) in [5.41, 5.74) is 3.62. The number of aromatic nitrogens is 3. The van der Waals surface area contributed by atoms with Crippen molar-refractivity contribution < 1.29 is 36.0 Å². The Hall–Kier alpha value is -3.33. The first-order chi connectivity index (χ1) is 16.4. The first kappa shape index (κ1) is 24.8. The molecule has 8 nitrogen and oxygen atoms in total. The van der Waals surface area contributed by atoms with Crippen LogP contribution in [0.4, 0.5) is 27.6 Å². The lowest BCUT2D eigenvalue weighted by molar-refractivity contribution is -0.140. The Labute approximate surface area is 205 Å². The van der Waals surface area contributed by atoms with E-state index < -0.39 is 42.3 Å². The zero-order valence-electron chi connectivity index (χ0n) is 17.4. The zero-order valence-corrected chi connectivity index (χ0v) is 19.8. The second-order valence-electron chi connectivity index (χ2n) is 7.17. The number of carbonyl (C=O) groups excluding carboxylic acids is 2. The number of pyridine rings is 1. The molecule has 0 spiro atoms. The molecule has 4 heterocycles. The fraction of sp³-hybridized carbons (Fsp3) is 0.200. The van der Waals surface area contributed by atoms with E-state index in [1.165, 1.54) is 25.3 Å². The summed E-state index contributed by atoms with van der Waals surface area (Å²) in [7, 11) is 0. The smallest absolute Gasteiger partial charge is 0.433 e. The highest BCUT2D eigenvalue weighted by Gasteiger charge is 2.35. The first-order valence-corrected chi connectivity index (χ1v) is 11.2. The van der Waals surface area contributed by atoms with Gasteiger partial charge in [0.1, 0.15) is 33.4 Å². The van der Waals surface area contributed by atoms with Gasteiger partial charge in [-0.15, -0.1) is 11.3 Å². The SMILES string of the molecule is Cc1c(Br)c(C(F)F)nn1CC(=O)Nc1c(C(N)=O)sc2nc(C(F)(F)F)cc(-c3ccco3)c12. The fourth-order valence-corrected chi connectivity index (χ4v) is 4.78. The Morgan fingerprint density at radius 3 is 2.60 bits per heavy atom. The van der Waals surface area contributed by atoms with Crippen molar-refractivity contribution in [2.75, 3.05) is 5.32 Å². The highest BCUT2D eigenvalue weighted by Crippen LogP contribution is 2.43. The Morgan fingerprint density at radius 2 is 2.06 bits per heavy atom. The largest absolute Gasteiger partial charge is 0.464 e. The zero-order chi connectivity index (χ0) is 25.7. The number of carbonyl (C=O) groups is 2. The van der Waals surface area contributed by atoms with Gasteiger partial charge in [0.15, 0.2) is 0 Å². The van der Waals surface area contributed by atoms with Gasteiger partial charge in [-0.2, -0.15) is 18.3 Å². The predicted molar refractivity (Wildman–Crippen MR) is 119 cm³/mol. The van der Waals surface area contributed by atoms with E-state index in [9.17, 15) is 31.5 Å². The number of rotatable bonds is 6. The molecule has 35 heavy (non-hydrogen) atoms. The van der Waals surface area contributed by atoms with E-state index in [4.69, 9.17) is 10.2 Å². The van der Waals surface area contributed by atoms with E-state index in [1.807, 2.05) is 0 Å². The van der Waals surface area contributed by atoms with Crippen molar-refractivity contribution in [1.82, 2.24) is 14.8 Å². The molecule has 0 fully saturated rings. The second-order valence-corrected chi connectivity index (χ2v) is 8.96. The van der Waals surface area contributed by atoms with Gasteiger partial charge in [0, 0.05) is 10.9 Å². The number of primary amides is 1. The van der Waals surface area contributed by atoms with Gasteiger partial charge in [-0.25, -0.2) is 13.8 Å². The third kappa shape index (κ3) is 4.65. The summed E-state index contributed by atoms with van der Waals surface area (Å²) in [5, 5.41) is 6.17. The Bertz CT molecular complexity index is 1450. The summed E-state index contributed by atoms with van der Waals surface area (Å²) in [5.74, 6) is -1.78. The first-order valence-electron chi connectivity index (χ1n) is 9.57. The van der Waals surface area contributed by atoms with Crippen molar-refractivity contribution in [3.63, 3.8) is 0 Å². The van der Waals surface area contributed by atoms with Crippen LogP contribution in [-0.2, 0) is 17.5 Å². The van der Waals surface area contributed by atoms with Gasteiger partial charge in [0.2, 0.25) is 5.91 Å². The Morgan fingerprint density at radius 1 is 1.34 bits per heavy atom. The molecule has 184 valence electrons. The third-order valence-corrected chi connectivity index (χ3v) is 6.96. The molecule has 3 N–H and O–H groups in total. The van der Waals surface area contributed by atoms with E-state index in [0.717, 1.165) is 10.7 Å². The van der Waals surface area contributed by atoms with Crippen molar-refractivity contribution in [2.24, 2.45) is 5.73 Å². The second kappa shape index (κ2) is 9.03. The molecule has 0 bridgehead atoms. The molecule has 4 aromatic heterocycles. The molecule has 0 radical (unpaired) electrons. The molecular weight excluding hydrogens is 565 g/mol. The molecule has 0 saturated heterocycles. The molecule has 0 aromatic carbocycles. The number of nitrogens with zero attached hydrogens (tertiary/aromatic N) is 3. The molecular formula is C20H13BrF5N5O3S. The number of fused-ring (bicyclic) bond motifs is 1. The minimum atomic E-state index is -4.80. The maximum atomic E-state index is 13.5. The average Bonchev–Trinajstić information content (AvgIpc) is 3.48. The summed E-state index contributed by atoms with van der Waals surface area (Å²) in [6, 6.07) is 3.59. The van der Waals surface area contributed by atoms with Crippen LogP contribution >= 0.6 is 27.3 Å². The lowest BCUT2D eigenvalue weighted by atomic mass is 10.1. The normalized spacial score (nSPS) is 12.0. The van der Waals surface area contributed by atoms with Gasteiger partial charge in [-0.1, -0.05) is 0 Å². The minimum Gasteiger partial charge on any atom is -0.464 e. The van der Waals surface area contributed by atoms with Crippen LogP contribution in [0.15, 0.2) is 33.4 Å². The van der Waals surface area contributed by atoms with E-state index in [0.29, 0.717) is 11.3 Å². The van der Waals surface area contributed by atoms with E-state index in [1.54, 1.807) is 0 Å². The summed E-state index contributed by atoms with van der Waals surface area (Å²) in [6.45, 7) is 0.930. The highest BCUT2D eigenvalue weighted by atomic mass is 79.9. The summed E-state index contributed by atoms with van der Waals surface area (Å²) >= 11 is 3.57. The van der Waals surface area contributed by atoms with Gasteiger partial charge in [0.05, 0.1) is 22.1 Å². The van der Waals surface area contributed by atoms with Crippen LogP contribution in [-0.4, -0.2) is 26.6 Å². The van der Waals surface area contributed by atoms with E-state index >= 15 is 0 Å². The monoisotopic (exact) mass is 577 g/mol. The summed E-state index contributed by atoms with van der Waals surface area (Å²) in [6.07, 6.45) is -6.45. The van der Waals surface area contributed by atoms with Crippen LogP contribution in [0, 0.1) is 6.92 Å². The molecule has 2 amide bonds. The molecule has 15 heteroatoms. The fourth-order valence-electron chi connectivity index (χ4n) is 3.32. The molecule has 0 unspecified atom stereocenters. The third-order valence-electron chi connectivity index (χ3n) is 4.89. The number of nitrogens with two attached hydrogens (primary N) is 1. The van der Waals surface area contributed by atoms with Gasteiger partial charge in [0.25, 0.3) is 12.3 Å². The number of hydrogen-bond donors (Lipinski definition) is 2. The summed E-state index contributed by atoms with van der Waals surface area (Å²) in [4.78, 5) is 28.0. The van der Waals surface area contributed by atoms with Crippen LogP contribution in [0.5, 0.6) is 0 Å². The topological polar surface area (TPSA) is 116 Å². The van der Waals surface area contributed by atoms with Crippen LogP contribution in [0.25, 0.3) is 21.5 Å². The number of furan rings is 1. The molecule has 0 atom stereocenters. The highest BCUT2D eigenvalue weighted by molar-refractivity contribution is 9.10. The number of anilines is 1. The number of nitrogens with one attached hydrogen (secondary N) is 1. The molecule has 4 rings (SSSR count). The predicted octanol–water partition coefficient (Wildman–Crippen LogP) is 5.52. The van der Waals surface area contributed by atoms with Crippen LogP contribution in [0.3, 0.4) is 0 Å². The quantitative estimate of drug-likeness (QED) is 0.293. The van der Waals surface area contributed by atoms with Crippen LogP contribution < -0.4 is 11.1 Å². The van der Waals surface area contributed by atoms with E-state index in [-0.39, 0.29) is 42.3 Å². The van der Waals surface area contributed by atoms with Gasteiger partial charge in [-0.05, 0) is 41.1 Å². The minimum absolute atomic E-state index is 0.00624. The summed E-state index contributed by atoms with van der Waals surface area (Å²) < 4.78 is 73.0. The van der Waals surface area contributed by atoms with Gasteiger partial charge in [-0.3, -0.25) is 14.3 Å².